The summed E-state index contributed by atoms with van der Waals surface area (Å²) < 4.78 is 0. The fourth-order valence-corrected chi connectivity index (χ4v) is 2.35. The normalized spacial score (nSPS) is 17.8. The number of hydrogen-bond acceptors (Lipinski definition) is 5. The summed E-state index contributed by atoms with van der Waals surface area (Å²) >= 11 is 0. The van der Waals surface area contributed by atoms with E-state index in [1.807, 2.05) is 30.3 Å². The van der Waals surface area contributed by atoms with E-state index in [-0.39, 0.29) is 0 Å². The Labute approximate surface area is 117 Å². The number of rotatable bonds is 3. The van der Waals surface area contributed by atoms with Crippen molar-refractivity contribution in [2.75, 3.05) is 13.1 Å². The molecule has 3 rings (SSSR count). The van der Waals surface area contributed by atoms with E-state index in [1.165, 1.54) is 0 Å². The minimum atomic E-state index is -1.38. The van der Waals surface area contributed by atoms with Gasteiger partial charge in [-0.15, -0.1) is 0 Å². The molecular formula is C15H16N4O. The van der Waals surface area contributed by atoms with E-state index < -0.39 is 5.60 Å². The highest BCUT2D eigenvalue weighted by molar-refractivity contribution is 5.94. The Balaban J connectivity index is 2.15. The molecular weight excluding hydrogens is 252 g/mol. The fourth-order valence-electron chi connectivity index (χ4n) is 2.35. The minimum Gasteiger partial charge on any atom is -0.372 e. The summed E-state index contributed by atoms with van der Waals surface area (Å²) in [6.45, 7) is 1.51. The van der Waals surface area contributed by atoms with Crippen LogP contribution in [0.1, 0.15) is 17.7 Å². The van der Waals surface area contributed by atoms with Crippen molar-refractivity contribution in [2.24, 2.45) is 4.99 Å². The van der Waals surface area contributed by atoms with Gasteiger partial charge in [0.1, 0.15) is 11.5 Å². The van der Waals surface area contributed by atoms with E-state index >= 15 is 0 Å². The van der Waals surface area contributed by atoms with Gasteiger partial charge in [-0.25, -0.2) is 0 Å². The minimum absolute atomic E-state index is 0.472. The van der Waals surface area contributed by atoms with E-state index in [9.17, 15) is 5.11 Å². The quantitative estimate of drug-likeness (QED) is 0.874. The highest BCUT2D eigenvalue weighted by Crippen LogP contribution is 2.29. The molecule has 102 valence electrons. The molecule has 1 aliphatic rings. The fraction of sp³-hybridized carbons (Fsp3) is 0.267. The summed E-state index contributed by atoms with van der Waals surface area (Å²) in [6.07, 6.45) is 5.71. The number of nitrogens with zero attached hydrogens (tertiary/aromatic N) is 3. The average Bonchev–Trinajstić information content (AvgIpc) is 2.56. The van der Waals surface area contributed by atoms with Gasteiger partial charge in [-0.2, -0.15) is 0 Å². The molecule has 1 aromatic heterocycles. The molecule has 20 heavy (non-hydrogen) atoms. The molecule has 1 unspecified atom stereocenters. The first-order chi connectivity index (χ1) is 9.82. The van der Waals surface area contributed by atoms with Crippen LogP contribution in [0.3, 0.4) is 0 Å². The summed E-state index contributed by atoms with van der Waals surface area (Å²) in [6, 6.07) is 9.43. The van der Waals surface area contributed by atoms with Crippen molar-refractivity contribution in [3.8, 4) is 0 Å². The standard InChI is InChI=1S/C15H16N4O/c20-15(12-5-2-1-3-6-12,13-11-16-9-10-17-13)14-18-7-4-8-19-14/h1-3,5-6,9-11,20H,4,7-8H2,(H,18,19). The highest BCUT2D eigenvalue weighted by Gasteiger charge is 2.39. The van der Waals surface area contributed by atoms with Crippen LogP contribution in [0.5, 0.6) is 0 Å². The summed E-state index contributed by atoms with van der Waals surface area (Å²) in [5.41, 5.74) is -0.177. The van der Waals surface area contributed by atoms with E-state index in [0.29, 0.717) is 18.1 Å². The van der Waals surface area contributed by atoms with Crippen LogP contribution in [0.2, 0.25) is 0 Å². The Hall–Kier alpha value is -2.27. The lowest BCUT2D eigenvalue weighted by molar-refractivity contribution is 0.144. The summed E-state index contributed by atoms with van der Waals surface area (Å²) in [4.78, 5) is 12.8. The predicted molar refractivity (Wildman–Crippen MR) is 76.4 cm³/mol. The maximum Gasteiger partial charge on any atom is 0.190 e. The third kappa shape index (κ3) is 2.16. The molecule has 0 saturated carbocycles. The van der Waals surface area contributed by atoms with Crippen molar-refractivity contribution in [3.05, 3.63) is 60.2 Å². The maximum absolute atomic E-state index is 11.3. The molecule has 0 aliphatic carbocycles. The smallest absolute Gasteiger partial charge is 0.190 e. The summed E-state index contributed by atoms with van der Waals surface area (Å²) in [7, 11) is 0. The zero-order valence-electron chi connectivity index (χ0n) is 11.0. The molecule has 0 fully saturated rings. The first-order valence-electron chi connectivity index (χ1n) is 6.65. The van der Waals surface area contributed by atoms with E-state index in [4.69, 9.17) is 0 Å². The van der Waals surface area contributed by atoms with Gasteiger partial charge >= 0.3 is 0 Å². The average molecular weight is 268 g/mol. The largest absolute Gasteiger partial charge is 0.372 e. The van der Waals surface area contributed by atoms with Gasteiger partial charge in [0.25, 0.3) is 0 Å². The first kappa shape index (κ1) is 12.7. The zero-order valence-corrected chi connectivity index (χ0v) is 11.0. The topological polar surface area (TPSA) is 70.4 Å². The second-order valence-electron chi connectivity index (χ2n) is 4.68. The van der Waals surface area contributed by atoms with Crippen LogP contribution in [0.4, 0.5) is 0 Å². The van der Waals surface area contributed by atoms with Crippen LogP contribution in [0.25, 0.3) is 0 Å². The van der Waals surface area contributed by atoms with E-state index in [0.717, 1.165) is 18.5 Å². The van der Waals surface area contributed by atoms with Crippen molar-refractivity contribution < 1.29 is 5.11 Å². The van der Waals surface area contributed by atoms with Crippen molar-refractivity contribution in [3.63, 3.8) is 0 Å². The number of amidine groups is 1. The molecule has 0 bridgehead atoms. The molecule has 5 nitrogen and oxygen atoms in total. The Bertz CT molecular complexity index is 558. The monoisotopic (exact) mass is 268 g/mol. The van der Waals surface area contributed by atoms with Gasteiger partial charge in [0.2, 0.25) is 0 Å². The van der Waals surface area contributed by atoms with Crippen LogP contribution in [0, 0.1) is 0 Å². The lowest BCUT2D eigenvalue weighted by Gasteiger charge is -2.31. The first-order valence-corrected chi connectivity index (χ1v) is 6.65. The van der Waals surface area contributed by atoms with Crippen LogP contribution in [-0.4, -0.2) is 34.0 Å². The molecule has 0 spiro atoms. The molecule has 2 N–H and O–H groups in total. The van der Waals surface area contributed by atoms with Crippen molar-refractivity contribution in [1.29, 1.82) is 0 Å². The number of nitrogens with one attached hydrogen (secondary N) is 1. The summed E-state index contributed by atoms with van der Waals surface area (Å²) in [5, 5.41) is 14.5. The molecule has 0 radical (unpaired) electrons. The number of hydrogen-bond donors (Lipinski definition) is 2. The van der Waals surface area contributed by atoms with Gasteiger partial charge in [-0.05, 0) is 12.0 Å². The highest BCUT2D eigenvalue weighted by atomic mass is 16.3. The van der Waals surface area contributed by atoms with Gasteiger partial charge in [-0.1, -0.05) is 30.3 Å². The lowest BCUT2D eigenvalue weighted by Crippen LogP contribution is -2.48. The molecule has 1 aliphatic heterocycles. The Morgan fingerprint density at radius 3 is 2.65 bits per heavy atom. The zero-order chi connectivity index (χ0) is 13.8. The summed E-state index contributed by atoms with van der Waals surface area (Å²) in [5.74, 6) is 0.537. The van der Waals surface area contributed by atoms with Gasteiger partial charge in [-0.3, -0.25) is 15.0 Å². The van der Waals surface area contributed by atoms with Crippen molar-refractivity contribution in [1.82, 2.24) is 15.3 Å². The second-order valence-corrected chi connectivity index (χ2v) is 4.68. The van der Waals surface area contributed by atoms with Crippen LogP contribution >= 0.6 is 0 Å². The third-order valence-corrected chi connectivity index (χ3v) is 3.37. The van der Waals surface area contributed by atoms with E-state index in [2.05, 4.69) is 20.3 Å². The molecule has 1 aromatic carbocycles. The molecule has 2 heterocycles. The number of aromatic nitrogens is 2. The van der Waals surface area contributed by atoms with Crippen molar-refractivity contribution >= 4 is 5.84 Å². The molecule has 2 aromatic rings. The van der Waals surface area contributed by atoms with Gasteiger partial charge in [0.15, 0.2) is 5.60 Å². The number of aliphatic hydroxyl groups is 1. The Morgan fingerprint density at radius 2 is 2.00 bits per heavy atom. The third-order valence-electron chi connectivity index (χ3n) is 3.37. The van der Waals surface area contributed by atoms with Crippen LogP contribution in [0.15, 0.2) is 53.9 Å². The number of aliphatic imine (C=N–C) groups is 1. The lowest BCUT2D eigenvalue weighted by atomic mass is 9.88. The predicted octanol–water partition coefficient (Wildman–Crippen LogP) is 1.10. The second kappa shape index (κ2) is 5.38. The SMILES string of the molecule is OC(C1=NCCCN1)(c1ccccc1)c1cnccn1. The van der Waals surface area contributed by atoms with Gasteiger partial charge < -0.3 is 10.4 Å². The maximum atomic E-state index is 11.3. The number of benzene rings is 1. The van der Waals surface area contributed by atoms with E-state index in [1.54, 1.807) is 18.6 Å². The molecule has 5 heteroatoms. The molecule has 0 saturated heterocycles. The van der Waals surface area contributed by atoms with Gasteiger partial charge in [0.05, 0.1) is 6.20 Å². The van der Waals surface area contributed by atoms with Crippen LogP contribution in [-0.2, 0) is 5.60 Å². The Morgan fingerprint density at radius 1 is 1.15 bits per heavy atom. The van der Waals surface area contributed by atoms with Crippen LogP contribution < -0.4 is 5.32 Å². The Kier molecular flexibility index (Phi) is 3.43. The molecule has 0 amide bonds. The van der Waals surface area contributed by atoms with Crippen molar-refractivity contribution in [2.45, 2.75) is 12.0 Å². The van der Waals surface area contributed by atoms with Gasteiger partial charge in [0, 0.05) is 25.5 Å². The molecule has 1 atom stereocenters.